The molecule has 0 saturated carbocycles. The van der Waals surface area contributed by atoms with Crippen LogP contribution in [0.4, 0.5) is 0 Å². The van der Waals surface area contributed by atoms with Crippen molar-refractivity contribution in [2.24, 2.45) is 17.8 Å². The third-order valence-corrected chi connectivity index (χ3v) is 5.21. The van der Waals surface area contributed by atoms with Crippen LogP contribution in [0.3, 0.4) is 0 Å². The number of rotatable bonds is 10. The molecule has 0 aliphatic rings. The molecular formula is C18H29IO2. The molecule has 0 aromatic heterocycles. The fourth-order valence-corrected chi connectivity index (χ4v) is 3.06. The third kappa shape index (κ3) is 8.05. The Balaban J connectivity index is 2.21. The van der Waals surface area contributed by atoms with Gasteiger partial charge in [0.05, 0.1) is 13.7 Å². The van der Waals surface area contributed by atoms with E-state index in [9.17, 15) is 0 Å². The molecule has 0 radical (unpaired) electrons. The first-order valence-electron chi connectivity index (χ1n) is 7.81. The average molecular weight is 404 g/mol. The Morgan fingerprint density at radius 3 is 2.14 bits per heavy atom. The van der Waals surface area contributed by atoms with Crippen LogP contribution in [-0.4, -0.2) is 18.1 Å². The summed E-state index contributed by atoms with van der Waals surface area (Å²) < 4.78 is 12.3. The summed E-state index contributed by atoms with van der Waals surface area (Å²) in [6.07, 6.45) is 2.58. The Bertz CT molecular complexity index is 377. The van der Waals surface area contributed by atoms with Gasteiger partial charge in [0, 0.05) is 11.0 Å². The van der Waals surface area contributed by atoms with Gasteiger partial charge in [0.25, 0.3) is 0 Å². The Labute approximate surface area is 143 Å². The van der Waals surface area contributed by atoms with Gasteiger partial charge in [-0.1, -0.05) is 55.5 Å². The molecule has 1 rings (SSSR count). The molecule has 0 fully saturated rings. The van der Waals surface area contributed by atoms with Crippen molar-refractivity contribution in [2.45, 2.75) is 40.2 Å². The SMILES string of the molecule is COc1ccc(COC[C@@H](C)C[C@@H](C)C[C@@H](C)CI)cc1. The summed E-state index contributed by atoms with van der Waals surface area (Å²) in [7, 11) is 1.69. The van der Waals surface area contributed by atoms with Gasteiger partial charge in [-0.3, -0.25) is 0 Å². The predicted octanol–water partition coefficient (Wildman–Crippen LogP) is 5.34. The minimum atomic E-state index is 0.625. The molecule has 21 heavy (non-hydrogen) atoms. The highest BCUT2D eigenvalue weighted by molar-refractivity contribution is 14.1. The highest BCUT2D eigenvalue weighted by atomic mass is 127. The molecule has 0 unspecified atom stereocenters. The second-order valence-electron chi connectivity index (χ2n) is 6.30. The summed E-state index contributed by atoms with van der Waals surface area (Å²) in [5.41, 5.74) is 1.20. The van der Waals surface area contributed by atoms with Crippen LogP contribution in [0.1, 0.15) is 39.2 Å². The molecule has 0 amide bonds. The molecule has 0 heterocycles. The summed E-state index contributed by atoms with van der Waals surface area (Å²) >= 11 is 2.48. The van der Waals surface area contributed by atoms with Crippen LogP contribution >= 0.6 is 22.6 Å². The number of hydrogen-bond acceptors (Lipinski definition) is 2. The summed E-state index contributed by atoms with van der Waals surface area (Å²) in [5.74, 6) is 3.13. The van der Waals surface area contributed by atoms with Crippen molar-refractivity contribution < 1.29 is 9.47 Å². The highest BCUT2D eigenvalue weighted by Crippen LogP contribution is 2.21. The van der Waals surface area contributed by atoms with Crippen LogP contribution in [-0.2, 0) is 11.3 Å². The summed E-state index contributed by atoms with van der Waals surface area (Å²) in [6.45, 7) is 8.53. The molecule has 1 aromatic carbocycles. The van der Waals surface area contributed by atoms with E-state index in [2.05, 4.69) is 55.5 Å². The van der Waals surface area contributed by atoms with Crippen molar-refractivity contribution in [1.29, 1.82) is 0 Å². The van der Waals surface area contributed by atoms with Gasteiger partial charge in [-0.25, -0.2) is 0 Å². The molecule has 0 aliphatic carbocycles. The highest BCUT2D eigenvalue weighted by Gasteiger charge is 2.12. The Hall–Kier alpha value is -0.290. The summed E-state index contributed by atoms with van der Waals surface area (Å²) in [5, 5.41) is 0. The lowest BCUT2D eigenvalue weighted by molar-refractivity contribution is 0.0837. The van der Waals surface area contributed by atoms with Crippen LogP contribution in [0.15, 0.2) is 24.3 Å². The maximum Gasteiger partial charge on any atom is 0.118 e. The van der Waals surface area contributed by atoms with Crippen molar-refractivity contribution >= 4 is 22.6 Å². The minimum absolute atomic E-state index is 0.625. The van der Waals surface area contributed by atoms with E-state index in [1.54, 1.807) is 7.11 Å². The molecular weight excluding hydrogens is 375 g/mol. The number of hydrogen-bond donors (Lipinski definition) is 0. The van der Waals surface area contributed by atoms with E-state index in [1.807, 2.05) is 12.1 Å². The van der Waals surface area contributed by atoms with Crippen molar-refractivity contribution in [3.63, 3.8) is 0 Å². The van der Waals surface area contributed by atoms with Gasteiger partial charge < -0.3 is 9.47 Å². The molecule has 0 aliphatic heterocycles. The number of benzene rings is 1. The Morgan fingerprint density at radius 2 is 1.57 bits per heavy atom. The van der Waals surface area contributed by atoms with Gasteiger partial charge in [-0.15, -0.1) is 0 Å². The van der Waals surface area contributed by atoms with Crippen LogP contribution in [0, 0.1) is 17.8 Å². The van der Waals surface area contributed by atoms with Crippen LogP contribution < -0.4 is 4.74 Å². The standard InChI is InChI=1S/C18H29IO2/c1-14(9-15(2)11-19)10-16(3)12-21-13-17-5-7-18(20-4)8-6-17/h5-8,14-16H,9-13H2,1-4H3/t14-,15+,16-/m0/s1. The molecule has 120 valence electrons. The molecule has 0 bridgehead atoms. The predicted molar refractivity (Wildman–Crippen MR) is 98.3 cm³/mol. The second kappa shape index (κ2) is 10.4. The van der Waals surface area contributed by atoms with Crippen LogP contribution in [0.2, 0.25) is 0 Å². The van der Waals surface area contributed by atoms with Crippen LogP contribution in [0.5, 0.6) is 5.75 Å². The normalized spacial score (nSPS) is 15.5. The number of alkyl halides is 1. The van der Waals surface area contributed by atoms with E-state index >= 15 is 0 Å². The monoisotopic (exact) mass is 404 g/mol. The number of ether oxygens (including phenoxy) is 2. The van der Waals surface area contributed by atoms with Gasteiger partial charge in [-0.05, 0) is 48.3 Å². The molecule has 2 nitrogen and oxygen atoms in total. The third-order valence-electron chi connectivity index (χ3n) is 3.70. The summed E-state index contributed by atoms with van der Waals surface area (Å²) in [4.78, 5) is 0. The molecule has 0 spiro atoms. The molecule has 0 N–H and O–H groups in total. The first kappa shape index (κ1) is 18.8. The van der Waals surface area contributed by atoms with Gasteiger partial charge in [0.2, 0.25) is 0 Å². The average Bonchev–Trinajstić information content (AvgIpc) is 2.47. The zero-order chi connectivity index (χ0) is 15.7. The zero-order valence-electron chi connectivity index (χ0n) is 13.8. The number of methoxy groups -OCH3 is 1. The first-order chi connectivity index (χ1) is 10.0. The lowest BCUT2D eigenvalue weighted by Crippen LogP contribution is -2.12. The fraction of sp³-hybridized carbons (Fsp3) is 0.667. The maximum atomic E-state index is 5.84. The van der Waals surface area contributed by atoms with E-state index in [4.69, 9.17) is 9.47 Å². The minimum Gasteiger partial charge on any atom is -0.497 e. The smallest absolute Gasteiger partial charge is 0.118 e. The van der Waals surface area contributed by atoms with Crippen molar-refractivity contribution in [1.82, 2.24) is 0 Å². The zero-order valence-corrected chi connectivity index (χ0v) is 15.9. The largest absolute Gasteiger partial charge is 0.497 e. The molecule has 1 aromatic rings. The van der Waals surface area contributed by atoms with E-state index in [0.29, 0.717) is 12.5 Å². The quantitative estimate of drug-likeness (QED) is 0.387. The topological polar surface area (TPSA) is 18.5 Å². The van der Waals surface area contributed by atoms with E-state index in [1.165, 1.54) is 22.8 Å². The Kier molecular flexibility index (Phi) is 9.32. The van der Waals surface area contributed by atoms with E-state index in [0.717, 1.165) is 24.2 Å². The molecule has 3 atom stereocenters. The molecule has 0 saturated heterocycles. The lowest BCUT2D eigenvalue weighted by atomic mass is 9.91. The van der Waals surface area contributed by atoms with Gasteiger partial charge >= 0.3 is 0 Å². The second-order valence-corrected chi connectivity index (χ2v) is 7.19. The van der Waals surface area contributed by atoms with Gasteiger partial charge in [0.1, 0.15) is 5.75 Å². The van der Waals surface area contributed by atoms with E-state index in [-0.39, 0.29) is 0 Å². The summed E-state index contributed by atoms with van der Waals surface area (Å²) in [6, 6.07) is 8.09. The maximum absolute atomic E-state index is 5.84. The van der Waals surface area contributed by atoms with Crippen LogP contribution in [0.25, 0.3) is 0 Å². The fourth-order valence-electron chi connectivity index (χ4n) is 2.70. The first-order valence-corrected chi connectivity index (χ1v) is 9.34. The molecule has 3 heteroatoms. The Morgan fingerprint density at radius 1 is 0.952 bits per heavy atom. The van der Waals surface area contributed by atoms with Gasteiger partial charge in [0.15, 0.2) is 0 Å². The van der Waals surface area contributed by atoms with Gasteiger partial charge in [-0.2, -0.15) is 0 Å². The lowest BCUT2D eigenvalue weighted by Gasteiger charge is -2.19. The van der Waals surface area contributed by atoms with E-state index < -0.39 is 0 Å². The number of halogens is 1. The van der Waals surface area contributed by atoms with Crippen molar-refractivity contribution in [3.05, 3.63) is 29.8 Å². The van der Waals surface area contributed by atoms with Crippen molar-refractivity contribution in [3.8, 4) is 5.75 Å². The van der Waals surface area contributed by atoms with Crippen molar-refractivity contribution in [2.75, 3.05) is 18.1 Å².